The minimum atomic E-state index is -0.923. The van der Waals surface area contributed by atoms with Crippen LogP contribution in [0.25, 0.3) is 11.3 Å². The van der Waals surface area contributed by atoms with Gasteiger partial charge < -0.3 is 10.0 Å². The largest absolute Gasteiger partial charge is 0.384 e. The number of aromatic nitrogens is 3. The number of carbonyl (C=O) groups excluding carboxylic acids is 1. The smallest absolute Gasteiger partial charge is 0.251 e. The summed E-state index contributed by atoms with van der Waals surface area (Å²) in [6, 6.07) is 3.93. The summed E-state index contributed by atoms with van der Waals surface area (Å²) in [4.78, 5) is 19.9. The second-order valence-electron chi connectivity index (χ2n) is 6.19. The van der Waals surface area contributed by atoms with Gasteiger partial charge in [0.1, 0.15) is 6.10 Å². The predicted octanol–water partition coefficient (Wildman–Crippen LogP) is 0.507. The molecule has 0 bridgehead atoms. The van der Waals surface area contributed by atoms with E-state index in [9.17, 15) is 9.90 Å². The molecule has 1 amide bonds. The Morgan fingerprint density at radius 2 is 1.92 bits per heavy atom. The molecule has 24 heavy (non-hydrogen) atoms. The van der Waals surface area contributed by atoms with E-state index in [4.69, 9.17) is 0 Å². The minimum Gasteiger partial charge on any atom is -0.384 e. The SMILES string of the molecule is CC(O)C(=O)N1CCN(Cc2cn(C)nc2-c2ccncc2)CC1. The maximum absolute atomic E-state index is 11.8. The molecule has 3 heterocycles. The lowest BCUT2D eigenvalue weighted by Crippen LogP contribution is -2.50. The third kappa shape index (κ3) is 3.63. The summed E-state index contributed by atoms with van der Waals surface area (Å²) < 4.78 is 1.83. The third-order valence-corrected chi connectivity index (χ3v) is 4.29. The molecule has 0 aliphatic carbocycles. The number of aliphatic hydroxyl groups excluding tert-OH is 1. The highest BCUT2D eigenvalue weighted by atomic mass is 16.3. The summed E-state index contributed by atoms with van der Waals surface area (Å²) in [5.41, 5.74) is 3.20. The van der Waals surface area contributed by atoms with Crippen molar-refractivity contribution in [2.24, 2.45) is 7.05 Å². The van der Waals surface area contributed by atoms with Gasteiger partial charge in [-0.15, -0.1) is 0 Å². The Morgan fingerprint density at radius 3 is 2.54 bits per heavy atom. The van der Waals surface area contributed by atoms with Gasteiger partial charge in [0.25, 0.3) is 5.91 Å². The first kappa shape index (κ1) is 16.6. The van der Waals surface area contributed by atoms with Gasteiger partial charge in [0, 0.05) is 69.5 Å². The molecule has 1 aliphatic rings. The number of aliphatic hydroxyl groups is 1. The van der Waals surface area contributed by atoms with E-state index in [0.717, 1.165) is 30.9 Å². The van der Waals surface area contributed by atoms with E-state index in [1.165, 1.54) is 12.5 Å². The van der Waals surface area contributed by atoms with Gasteiger partial charge in [-0.3, -0.25) is 19.4 Å². The van der Waals surface area contributed by atoms with Crippen molar-refractivity contribution in [2.75, 3.05) is 26.2 Å². The molecule has 0 aromatic carbocycles. The molecule has 0 radical (unpaired) electrons. The van der Waals surface area contributed by atoms with Gasteiger partial charge in [0.15, 0.2) is 0 Å². The maximum atomic E-state index is 11.8. The molecule has 128 valence electrons. The van der Waals surface area contributed by atoms with E-state index in [0.29, 0.717) is 13.1 Å². The third-order valence-electron chi connectivity index (χ3n) is 4.29. The fourth-order valence-corrected chi connectivity index (χ4v) is 3.04. The number of nitrogens with zero attached hydrogens (tertiary/aromatic N) is 5. The van der Waals surface area contributed by atoms with Crippen molar-refractivity contribution in [3.05, 3.63) is 36.3 Å². The summed E-state index contributed by atoms with van der Waals surface area (Å²) in [6.45, 7) is 5.20. The van der Waals surface area contributed by atoms with Crippen LogP contribution in [0.5, 0.6) is 0 Å². The van der Waals surface area contributed by atoms with E-state index in [1.54, 1.807) is 17.3 Å². The molecule has 2 aromatic rings. The first-order valence-corrected chi connectivity index (χ1v) is 8.16. The van der Waals surface area contributed by atoms with Crippen LogP contribution in [0.4, 0.5) is 0 Å². The standard InChI is InChI=1S/C17H23N5O2/c1-13(23)17(24)22-9-7-21(8-10-22)12-15-11-20(2)19-16(15)14-3-5-18-6-4-14/h3-6,11,13,23H,7-10,12H2,1-2H3. The topological polar surface area (TPSA) is 74.5 Å². The number of hydrogen-bond donors (Lipinski definition) is 1. The van der Waals surface area contributed by atoms with Crippen LogP contribution in [-0.4, -0.2) is 67.9 Å². The molecule has 1 fully saturated rings. The Kier molecular flexibility index (Phi) is 4.92. The highest BCUT2D eigenvalue weighted by molar-refractivity contribution is 5.80. The summed E-state index contributed by atoms with van der Waals surface area (Å²) in [7, 11) is 1.92. The lowest BCUT2D eigenvalue weighted by atomic mass is 10.1. The molecule has 3 rings (SSSR count). The van der Waals surface area contributed by atoms with Gasteiger partial charge >= 0.3 is 0 Å². The van der Waals surface area contributed by atoms with Crippen molar-refractivity contribution in [1.82, 2.24) is 24.6 Å². The number of aryl methyl sites for hydroxylation is 1. The molecule has 0 saturated carbocycles. The second-order valence-corrected chi connectivity index (χ2v) is 6.19. The van der Waals surface area contributed by atoms with Crippen molar-refractivity contribution < 1.29 is 9.90 Å². The fourth-order valence-electron chi connectivity index (χ4n) is 3.04. The van der Waals surface area contributed by atoms with E-state index in [-0.39, 0.29) is 5.91 Å². The number of amides is 1. The number of pyridine rings is 1. The number of piperazine rings is 1. The molecule has 7 nitrogen and oxygen atoms in total. The molecule has 1 unspecified atom stereocenters. The predicted molar refractivity (Wildman–Crippen MR) is 90.0 cm³/mol. The van der Waals surface area contributed by atoms with Crippen molar-refractivity contribution in [3.8, 4) is 11.3 Å². The van der Waals surface area contributed by atoms with E-state index >= 15 is 0 Å². The van der Waals surface area contributed by atoms with E-state index < -0.39 is 6.10 Å². The molecule has 2 aromatic heterocycles. The molecular weight excluding hydrogens is 306 g/mol. The monoisotopic (exact) mass is 329 g/mol. The van der Waals surface area contributed by atoms with Crippen LogP contribution in [-0.2, 0) is 18.4 Å². The summed E-state index contributed by atoms with van der Waals surface area (Å²) in [5.74, 6) is -0.187. The van der Waals surface area contributed by atoms with Crippen molar-refractivity contribution in [1.29, 1.82) is 0 Å². The summed E-state index contributed by atoms with van der Waals surface area (Å²) >= 11 is 0. The van der Waals surface area contributed by atoms with Crippen LogP contribution in [0.2, 0.25) is 0 Å². The Bertz CT molecular complexity index is 690. The van der Waals surface area contributed by atoms with E-state index in [1.807, 2.05) is 30.1 Å². The lowest BCUT2D eigenvalue weighted by Gasteiger charge is -2.35. The van der Waals surface area contributed by atoms with Gasteiger partial charge in [-0.05, 0) is 19.1 Å². The van der Waals surface area contributed by atoms with Crippen molar-refractivity contribution in [2.45, 2.75) is 19.6 Å². The Morgan fingerprint density at radius 1 is 1.25 bits per heavy atom. The van der Waals surface area contributed by atoms with E-state index in [2.05, 4.69) is 15.0 Å². The first-order chi connectivity index (χ1) is 11.5. The minimum absolute atomic E-state index is 0.187. The number of carbonyl (C=O) groups is 1. The Hall–Kier alpha value is -2.25. The van der Waals surface area contributed by atoms with Crippen LogP contribution in [0.3, 0.4) is 0 Å². The zero-order valence-corrected chi connectivity index (χ0v) is 14.1. The van der Waals surface area contributed by atoms with Crippen molar-refractivity contribution in [3.63, 3.8) is 0 Å². The summed E-state index contributed by atoms with van der Waals surface area (Å²) in [5, 5.41) is 14.0. The zero-order chi connectivity index (χ0) is 17.1. The highest BCUT2D eigenvalue weighted by Crippen LogP contribution is 2.23. The highest BCUT2D eigenvalue weighted by Gasteiger charge is 2.24. The second kappa shape index (κ2) is 7.11. The number of hydrogen-bond acceptors (Lipinski definition) is 5. The van der Waals surface area contributed by atoms with Crippen molar-refractivity contribution >= 4 is 5.91 Å². The van der Waals surface area contributed by atoms with Crippen LogP contribution >= 0.6 is 0 Å². The average molecular weight is 329 g/mol. The molecule has 1 N–H and O–H groups in total. The quantitative estimate of drug-likeness (QED) is 0.884. The van der Waals surface area contributed by atoms with Crippen LogP contribution in [0.1, 0.15) is 12.5 Å². The molecule has 7 heteroatoms. The van der Waals surface area contributed by atoms with Gasteiger partial charge in [-0.2, -0.15) is 5.10 Å². The first-order valence-electron chi connectivity index (χ1n) is 8.16. The molecule has 1 atom stereocenters. The number of rotatable bonds is 4. The van der Waals surface area contributed by atoms with Crippen LogP contribution in [0, 0.1) is 0 Å². The van der Waals surface area contributed by atoms with Gasteiger partial charge in [-0.25, -0.2) is 0 Å². The Labute approximate surface area is 141 Å². The molecule has 1 aliphatic heterocycles. The lowest BCUT2D eigenvalue weighted by molar-refractivity contribution is -0.141. The normalized spacial score (nSPS) is 17.0. The average Bonchev–Trinajstić information content (AvgIpc) is 2.96. The maximum Gasteiger partial charge on any atom is 0.251 e. The summed E-state index contributed by atoms with van der Waals surface area (Å²) in [6.07, 6.45) is 4.67. The van der Waals surface area contributed by atoms with Crippen LogP contribution < -0.4 is 0 Å². The van der Waals surface area contributed by atoms with Gasteiger partial charge in [0.05, 0.1) is 5.69 Å². The molecule has 0 spiro atoms. The Balaban J connectivity index is 1.67. The fraction of sp³-hybridized carbons (Fsp3) is 0.471. The molecule has 1 saturated heterocycles. The zero-order valence-electron chi connectivity index (χ0n) is 14.1. The van der Waals surface area contributed by atoms with Gasteiger partial charge in [-0.1, -0.05) is 0 Å². The molecular formula is C17H23N5O2. The van der Waals surface area contributed by atoms with Crippen LogP contribution in [0.15, 0.2) is 30.7 Å². The van der Waals surface area contributed by atoms with Gasteiger partial charge in [0.2, 0.25) is 0 Å².